The highest BCUT2D eigenvalue weighted by atomic mass is 16.5. The molecule has 1 aromatic heterocycles. The number of ether oxygens (including phenoxy) is 1. The molecule has 0 saturated heterocycles. The first kappa shape index (κ1) is 24.5. The number of carboxylic acid groups (broad SMARTS) is 3. The van der Waals surface area contributed by atoms with Crippen LogP contribution in [0, 0.1) is 0 Å². The predicted octanol–water partition coefficient (Wildman–Crippen LogP) is 1.54. The van der Waals surface area contributed by atoms with Crippen molar-refractivity contribution in [2.75, 3.05) is 19.6 Å². The third kappa shape index (κ3) is 7.80. The van der Waals surface area contributed by atoms with Gasteiger partial charge in [-0.2, -0.15) is 0 Å². The fourth-order valence-corrected chi connectivity index (χ4v) is 4.14. The normalized spacial score (nSPS) is 19.0. The second-order valence-electron chi connectivity index (χ2n) is 8.03. The summed E-state index contributed by atoms with van der Waals surface area (Å²) in [5, 5.41) is 28.1. The number of pyridine rings is 1. The van der Waals surface area contributed by atoms with Gasteiger partial charge in [-0.25, -0.2) is 0 Å². The minimum Gasteiger partial charge on any atom is -0.489 e. The highest BCUT2D eigenvalue weighted by Crippen LogP contribution is 2.29. The van der Waals surface area contributed by atoms with Crippen LogP contribution in [0.2, 0.25) is 0 Å². The van der Waals surface area contributed by atoms with Crippen LogP contribution in [0.4, 0.5) is 0 Å². The minimum absolute atomic E-state index is 0.0834. The van der Waals surface area contributed by atoms with Crippen molar-refractivity contribution < 1.29 is 34.4 Å². The first-order valence-corrected chi connectivity index (χ1v) is 10.4. The van der Waals surface area contributed by atoms with E-state index in [1.165, 1.54) is 4.90 Å². The monoisotopic (exact) mass is 437 g/mol. The van der Waals surface area contributed by atoms with Crippen LogP contribution < -0.4 is 4.74 Å². The molecular weight excluding hydrogens is 406 g/mol. The molecule has 1 saturated carbocycles. The SMILES string of the molecule is CC(C)Oc1cccnc1CN(CC(=O)O)[C@H]1CCCCC1N(CC(=O)O)CC(=O)O. The predicted molar refractivity (Wildman–Crippen MR) is 111 cm³/mol. The Labute approximate surface area is 181 Å². The lowest BCUT2D eigenvalue weighted by Gasteiger charge is -2.43. The minimum atomic E-state index is -1.12. The molecule has 10 heteroatoms. The molecule has 1 aliphatic rings. The summed E-state index contributed by atoms with van der Waals surface area (Å²) < 4.78 is 5.82. The van der Waals surface area contributed by atoms with Gasteiger partial charge in [0.2, 0.25) is 0 Å². The third-order valence-electron chi connectivity index (χ3n) is 5.21. The largest absolute Gasteiger partial charge is 0.489 e. The molecule has 0 aromatic carbocycles. The van der Waals surface area contributed by atoms with Crippen LogP contribution in [-0.4, -0.2) is 85.8 Å². The smallest absolute Gasteiger partial charge is 0.317 e. The topological polar surface area (TPSA) is 140 Å². The van der Waals surface area contributed by atoms with Gasteiger partial charge in [-0.3, -0.25) is 29.2 Å². The molecule has 0 bridgehead atoms. The van der Waals surface area contributed by atoms with E-state index >= 15 is 0 Å². The fraction of sp³-hybridized carbons (Fsp3) is 0.619. The van der Waals surface area contributed by atoms with E-state index in [4.69, 9.17) is 4.74 Å². The van der Waals surface area contributed by atoms with E-state index in [1.807, 2.05) is 13.8 Å². The highest BCUT2D eigenvalue weighted by Gasteiger charge is 2.37. The first-order chi connectivity index (χ1) is 14.7. The Kier molecular flexibility index (Phi) is 9.20. The molecule has 2 rings (SSSR count). The molecule has 0 aliphatic heterocycles. The zero-order valence-corrected chi connectivity index (χ0v) is 17.9. The molecule has 2 atom stereocenters. The van der Waals surface area contributed by atoms with Gasteiger partial charge in [-0.05, 0) is 38.8 Å². The first-order valence-electron chi connectivity index (χ1n) is 10.4. The van der Waals surface area contributed by atoms with Gasteiger partial charge in [0.25, 0.3) is 0 Å². The molecule has 0 spiro atoms. The van der Waals surface area contributed by atoms with Gasteiger partial charge in [0, 0.05) is 24.8 Å². The number of hydrogen-bond donors (Lipinski definition) is 3. The number of carbonyl (C=O) groups is 3. The summed E-state index contributed by atoms with van der Waals surface area (Å²) in [6, 6.07) is 2.81. The Hall–Kier alpha value is -2.72. The van der Waals surface area contributed by atoms with Crippen molar-refractivity contribution in [3.8, 4) is 5.75 Å². The number of nitrogens with zero attached hydrogens (tertiary/aromatic N) is 3. The molecule has 172 valence electrons. The van der Waals surface area contributed by atoms with Crippen LogP contribution in [0.15, 0.2) is 18.3 Å². The zero-order valence-electron chi connectivity index (χ0n) is 17.9. The summed E-state index contributed by atoms with van der Waals surface area (Å²) >= 11 is 0. The van der Waals surface area contributed by atoms with Crippen LogP contribution in [0.5, 0.6) is 5.75 Å². The molecule has 3 N–H and O–H groups in total. The second kappa shape index (κ2) is 11.6. The van der Waals surface area contributed by atoms with Gasteiger partial charge in [0.05, 0.1) is 31.4 Å². The van der Waals surface area contributed by atoms with E-state index in [9.17, 15) is 29.7 Å². The number of aromatic nitrogens is 1. The summed E-state index contributed by atoms with van der Waals surface area (Å²) in [5.41, 5.74) is 0.588. The second-order valence-corrected chi connectivity index (χ2v) is 8.03. The average Bonchev–Trinajstić information content (AvgIpc) is 2.67. The number of hydrogen-bond acceptors (Lipinski definition) is 7. The Bertz CT molecular complexity index is 755. The quantitative estimate of drug-likeness (QED) is 0.441. The average molecular weight is 437 g/mol. The number of rotatable bonds is 12. The van der Waals surface area contributed by atoms with Gasteiger partial charge in [-0.1, -0.05) is 12.8 Å². The van der Waals surface area contributed by atoms with Gasteiger partial charge in [0.15, 0.2) is 0 Å². The van der Waals surface area contributed by atoms with Crippen LogP contribution in [0.25, 0.3) is 0 Å². The summed E-state index contributed by atoms with van der Waals surface area (Å²) in [6.45, 7) is 2.87. The van der Waals surface area contributed by atoms with E-state index in [0.29, 0.717) is 24.3 Å². The Morgan fingerprint density at radius 1 is 1.00 bits per heavy atom. The molecule has 0 amide bonds. The zero-order chi connectivity index (χ0) is 23.0. The molecule has 1 heterocycles. The lowest BCUT2D eigenvalue weighted by Crippen LogP contribution is -2.56. The molecule has 1 aliphatic carbocycles. The van der Waals surface area contributed by atoms with E-state index in [2.05, 4.69) is 4.98 Å². The summed E-state index contributed by atoms with van der Waals surface area (Å²) in [7, 11) is 0. The van der Waals surface area contributed by atoms with Gasteiger partial charge in [-0.15, -0.1) is 0 Å². The highest BCUT2D eigenvalue weighted by molar-refractivity contribution is 5.72. The van der Waals surface area contributed by atoms with E-state index in [1.54, 1.807) is 23.2 Å². The van der Waals surface area contributed by atoms with E-state index in [0.717, 1.165) is 12.8 Å². The summed E-state index contributed by atoms with van der Waals surface area (Å²) in [4.78, 5) is 41.9. The lowest BCUT2D eigenvalue weighted by molar-refractivity contribution is -0.146. The maximum absolute atomic E-state index is 11.6. The van der Waals surface area contributed by atoms with Crippen LogP contribution >= 0.6 is 0 Å². The molecule has 1 aromatic rings. The molecule has 1 fully saturated rings. The summed E-state index contributed by atoms with van der Waals surface area (Å²) in [6.07, 6.45) is 4.44. The molecule has 1 unspecified atom stereocenters. The number of aliphatic carboxylic acids is 3. The Morgan fingerprint density at radius 2 is 1.52 bits per heavy atom. The van der Waals surface area contributed by atoms with Crippen molar-refractivity contribution in [1.29, 1.82) is 0 Å². The van der Waals surface area contributed by atoms with Crippen molar-refractivity contribution in [3.05, 3.63) is 24.0 Å². The Balaban J connectivity index is 2.34. The third-order valence-corrected chi connectivity index (χ3v) is 5.21. The van der Waals surface area contributed by atoms with Crippen molar-refractivity contribution in [2.24, 2.45) is 0 Å². The maximum Gasteiger partial charge on any atom is 0.317 e. The lowest BCUT2D eigenvalue weighted by atomic mass is 9.87. The molecule has 31 heavy (non-hydrogen) atoms. The molecule has 10 nitrogen and oxygen atoms in total. The Morgan fingerprint density at radius 3 is 2.03 bits per heavy atom. The van der Waals surface area contributed by atoms with Gasteiger partial charge < -0.3 is 20.1 Å². The fourth-order valence-electron chi connectivity index (χ4n) is 4.14. The van der Waals surface area contributed by atoms with Crippen molar-refractivity contribution in [3.63, 3.8) is 0 Å². The van der Waals surface area contributed by atoms with Crippen molar-refractivity contribution in [1.82, 2.24) is 14.8 Å². The summed E-state index contributed by atoms with van der Waals surface area (Å²) in [5.74, 6) is -2.69. The van der Waals surface area contributed by atoms with Gasteiger partial charge in [0.1, 0.15) is 5.75 Å². The number of carboxylic acids is 3. The van der Waals surface area contributed by atoms with Gasteiger partial charge >= 0.3 is 17.9 Å². The van der Waals surface area contributed by atoms with Crippen LogP contribution in [0.3, 0.4) is 0 Å². The van der Waals surface area contributed by atoms with Crippen LogP contribution in [-0.2, 0) is 20.9 Å². The molecule has 0 radical (unpaired) electrons. The standard InChI is InChI=1S/C21H31N3O7/c1-14(2)31-18-8-5-9-22-15(18)10-23(11-19(25)26)16-6-3-4-7-17(16)24(12-20(27)28)13-21(29)30/h5,8-9,14,16-17H,3-4,6-7,10-13H2,1-2H3,(H,25,26)(H,27,28)(H,29,30)/t16-,17?/m0/s1. The molecular formula is C21H31N3O7. The van der Waals surface area contributed by atoms with Crippen molar-refractivity contribution >= 4 is 17.9 Å². The van der Waals surface area contributed by atoms with Crippen molar-refractivity contribution in [2.45, 2.75) is 64.3 Å². The van der Waals surface area contributed by atoms with E-state index in [-0.39, 0.29) is 25.2 Å². The maximum atomic E-state index is 11.6. The van der Waals surface area contributed by atoms with E-state index < -0.39 is 37.0 Å². The van der Waals surface area contributed by atoms with Crippen LogP contribution in [0.1, 0.15) is 45.2 Å².